The predicted octanol–water partition coefficient (Wildman–Crippen LogP) is 3.78. The minimum absolute atomic E-state index is 0.00641. The number of hydrogen-bond acceptors (Lipinski definition) is 2. The molecule has 0 saturated heterocycles. The van der Waals surface area contributed by atoms with Crippen molar-refractivity contribution in [3.63, 3.8) is 0 Å². The number of amides is 2. The van der Waals surface area contributed by atoms with Gasteiger partial charge in [-0.05, 0) is 43.2 Å². The molecule has 0 radical (unpaired) electrons. The van der Waals surface area contributed by atoms with E-state index in [4.69, 9.17) is 0 Å². The highest BCUT2D eigenvalue weighted by Gasteiger charge is 2.34. The minimum atomic E-state index is -0.413. The van der Waals surface area contributed by atoms with Gasteiger partial charge in [0.15, 0.2) is 0 Å². The second-order valence-electron chi connectivity index (χ2n) is 6.43. The van der Waals surface area contributed by atoms with Gasteiger partial charge in [0.1, 0.15) is 5.82 Å². The van der Waals surface area contributed by atoms with Gasteiger partial charge in [-0.2, -0.15) is 0 Å². The molecule has 1 atom stereocenters. The summed E-state index contributed by atoms with van der Waals surface area (Å²) in [6, 6.07) is 13.1. The molecule has 2 amide bonds. The molecule has 0 bridgehead atoms. The Kier molecular flexibility index (Phi) is 5.35. The first kappa shape index (κ1) is 18.1. The molecule has 3 rings (SSSR count). The minimum Gasteiger partial charge on any atom is -0.343 e. The first-order valence-corrected chi connectivity index (χ1v) is 8.97. The molecule has 2 aromatic rings. The molecule has 5 heteroatoms. The molecular weight excluding hydrogens is 331 g/mol. The Bertz CT molecular complexity index is 800. The number of carbonyl (C=O) groups excluding carboxylic acids is 2. The molecule has 26 heavy (non-hydrogen) atoms. The predicted molar refractivity (Wildman–Crippen MR) is 98.0 cm³/mol. The van der Waals surface area contributed by atoms with Crippen molar-refractivity contribution in [3.8, 4) is 0 Å². The van der Waals surface area contributed by atoms with Crippen molar-refractivity contribution in [1.29, 1.82) is 0 Å². The van der Waals surface area contributed by atoms with E-state index in [1.54, 1.807) is 21.9 Å². The SMILES string of the molecule is CCN(CC)C(=O)CC(c1ccc(F)cc1)N1Cc2ccccc2C1=O. The molecule has 1 aliphatic heterocycles. The molecule has 4 nitrogen and oxygen atoms in total. The van der Waals surface area contributed by atoms with Crippen molar-refractivity contribution in [2.45, 2.75) is 32.9 Å². The van der Waals surface area contributed by atoms with Gasteiger partial charge < -0.3 is 9.80 Å². The molecular formula is C21H23FN2O2. The second-order valence-corrected chi connectivity index (χ2v) is 6.43. The Hall–Kier alpha value is -2.69. The molecule has 0 aromatic heterocycles. The van der Waals surface area contributed by atoms with Gasteiger partial charge >= 0.3 is 0 Å². The standard InChI is InChI=1S/C21H23FN2O2/c1-3-23(4-2)20(25)13-19(15-9-11-17(22)12-10-15)24-14-16-7-5-6-8-18(16)21(24)26/h5-12,19H,3-4,13-14H2,1-2H3. The highest BCUT2D eigenvalue weighted by Crippen LogP contribution is 2.33. The number of hydrogen-bond donors (Lipinski definition) is 0. The fourth-order valence-electron chi connectivity index (χ4n) is 3.49. The Morgan fingerprint density at radius 1 is 1.12 bits per heavy atom. The van der Waals surface area contributed by atoms with Crippen molar-refractivity contribution in [2.75, 3.05) is 13.1 Å². The number of halogens is 1. The quantitative estimate of drug-likeness (QED) is 0.792. The van der Waals surface area contributed by atoms with Gasteiger partial charge in [0.05, 0.1) is 12.5 Å². The van der Waals surface area contributed by atoms with Crippen LogP contribution in [0.3, 0.4) is 0 Å². The summed E-state index contributed by atoms with van der Waals surface area (Å²) < 4.78 is 13.4. The summed E-state index contributed by atoms with van der Waals surface area (Å²) in [5.41, 5.74) is 2.41. The first-order chi connectivity index (χ1) is 12.5. The fraction of sp³-hybridized carbons (Fsp3) is 0.333. The van der Waals surface area contributed by atoms with E-state index in [9.17, 15) is 14.0 Å². The first-order valence-electron chi connectivity index (χ1n) is 8.97. The van der Waals surface area contributed by atoms with Crippen LogP contribution in [0.2, 0.25) is 0 Å². The van der Waals surface area contributed by atoms with Crippen LogP contribution in [0.5, 0.6) is 0 Å². The Labute approximate surface area is 153 Å². The number of rotatable bonds is 6. The van der Waals surface area contributed by atoms with Crippen molar-refractivity contribution in [2.24, 2.45) is 0 Å². The average Bonchev–Trinajstić information content (AvgIpc) is 2.98. The van der Waals surface area contributed by atoms with E-state index in [-0.39, 0.29) is 24.1 Å². The van der Waals surface area contributed by atoms with Crippen molar-refractivity contribution in [3.05, 3.63) is 71.0 Å². The number of nitrogens with zero attached hydrogens (tertiary/aromatic N) is 2. The van der Waals surface area contributed by atoms with Crippen LogP contribution in [-0.4, -0.2) is 34.7 Å². The Morgan fingerprint density at radius 2 is 1.77 bits per heavy atom. The van der Waals surface area contributed by atoms with Gasteiger partial charge in [0, 0.05) is 25.2 Å². The lowest BCUT2D eigenvalue weighted by Crippen LogP contribution is -2.36. The third-order valence-corrected chi connectivity index (χ3v) is 4.96. The van der Waals surface area contributed by atoms with E-state index in [0.717, 1.165) is 11.1 Å². The van der Waals surface area contributed by atoms with E-state index in [2.05, 4.69) is 0 Å². The van der Waals surface area contributed by atoms with Crippen LogP contribution in [-0.2, 0) is 11.3 Å². The van der Waals surface area contributed by atoms with Gasteiger partial charge in [-0.1, -0.05) is 30.3 Å². The van der Waals surface area contributed by atoms with E-state index < -0.39 is 6.04 Å². The lowest BCUT2D eigenvalue weighted by atomic mass is 10.0. The van der Waals surface area contributed by atoms with Crippen LogP contribution in [0.25, 0.3) is 0 Å². The van der Waals surface area contributed by atoms with Crippen molar-refractivity contribution < 1.29 is 14.0 Å². The summed E-state index contributed by atoms with van der Waals surface area (Å²) in [5, 5.41) is 0. The number of fused-ring (bicyclic) bond motifs is 1. The van der Waals surface area contributed by atoms with E-state index >= 15 is 0 Å². The van der Waals surface area contributed by atoms with Crippen LogP contribution >= 0.6 is 0 Å². The normalized spacial score (nSPS) is 14.3. The number of benzene rings is 2. The van der Waals surface area contributed by atoms with E-state index in [0.29, 0.717) is 25.2 Å². The van der Waals surface area contributed by atoms with Crippen molar-refractivity contribution >= 4 is 11.8 Å². The molecule has 1 aliphatic rings. The Balaban J connectivity index is 1.92. The summed E-state index contributed by atoms with van der Waals surface area (Å²) in [7, 11) is 0. The molecule has 0 N–H and O–H groups in total. The number of carbonyl (C=O) groups is 2. The molecule has 1 unspecified atom stereocenters. The van der Waals surface area contributed by atoms with Crippen LogP contribution in [0.1, 0.15) is 47.8 Å². The van der Waals surface area contributed by atoms with Crippen LogP contribution in [0, 0.1) is 5.82 Å². The fourth-order valence-corrected chi connectivity index (χ4v) is 3.49. The monoisotopic (exact) mass is 354 g/mol. The highest BCUT2D eigenvalue weighted by atomic mass is 19.1. The van der Waals surface area contributed by atoms with Gasteiger partial charge in [-0.25, -0.2) is 4.39 Å². The maximum Gasteiger partial charge on any atom is 0.255 e. The zero-order valence-corrected chi connectivity index (χ0v) is 15.1. The molecule has 0 spiro atoms. The summed E-state index contributed by atoms with van der Waals surface area (Å²) >= 11 is 0. The summed E-state index contributed by atoms with van der Waals surface area (Å²) in [5.74, 6) is -0.422. The summed E-state index contributed by atoms with van der Waals surface area (Å²) in [6.45, 7) is 5.58. The summed E-state index contributed by atoms with van der Waals surface area (Å²) in [4.78, 5) is 29.1. The summed E-state index contributed by atoms with van der Waals surface area (Å²) in [6.07, 6.45) is 0.188. The Morgan fingerprint density at radius 3 is 2.38 bits per heavy atom. The second kappa shape index (κ2) is 7.68. The van der Waals surface area contributed by atoms with E-state index in [1.165, 1.54) is 12.1 Å². The van der Waals surface area contributed by atoms with Crippen LogP contribution < -0.4 is 0 Å². The molecule has 2 aromatic carbocycles. The molecule has 0 saturated carbocycles. The van der Waals surface area contributed by atoms with Crippen LogP contribution in [0.4, 0.5) is 4.39 Å². The smallest absolute Gasteiger partial charge is 0.255 e. The molecule has 1 heterocycles. The molecule has 0 fully saturated rings. The zero-order valence-electron chi connectivity index (χ0n) is 15.1. The maximum absolute atomic E-state index is 13.4. The van der Waals surface area contributed by atoms with Gasteiger partial charge in [0.25, 0.3) is 5.91 Å². The van der Waals surface area contributed by atoms with Gasteiger partial charge in [-0.3, -0.25) is 9.59 Å². The zero-order chi connectivity index (χ0) is 18.7. The molecule has 136 valence electrons. The molecule has 0 aliphatic carbocycles. The van der Waals surface area contributed by atoms with Gasteiger partial charge in [0.2, 0.25) is 5.91 Å². The van der Waals surface area contributed by atoms with Crippen molar-refractivity contribution in [1.82, 2.24) is 9.80 Å². The third kappa shape index (κ3) is 3.47. The maximum atomic E-state index is 13.4. The lowest BCUT2D eigenvalue weighted by molar-refractivity contribution is -0.132. The average molecular weight is 354 g/mol. The van der Waals surface area contributed by atoms with Crippen LogP contribution in [0.15, 0.2) is 48.5 Å². The third-order valence-electron chi connectivity index (χ3n) is 4.96. The van der Waals surface area contributed by atoms with E-state index in [1.807, 2.05) is 38.1 Å². The largest absolute Gasteiger partial charge is 0.343 e. The van der Waals surface area contributed by atoms with Gasteiger partial charge in [-0.15, -0.1) is 0 Å². The lowest BCUT2D eigenvalue weighted by Gasteiger charge is -2.30. The topological polar surface area (TPSA) is 40.6 Å². The highest BCUT2D eigenvalue weighted by molar-refractivity contribution is 5.98.